The number of amides is 6. The van der Waals surface area contributed by atoms with Crippen molar-refractivity contribution in [3.05, 3.63) is 35.4 Å². The number of hydrogen-bond donors (Lipinski definition) is 3. The fourth-order valence-electron chi connectivity index (χ4n) is 2.30. The number of hydrogen-bond acceptors (Lipinski definition) is 4. The third-order valence-electron chi connectivity index (χ3n) is 3.69. The van der Waals surface area contributed by atoms with Crippen LogP contribution in [0.4, 0.5) is 9.59 Å². The number of rotatable bonds is 3. The molecule has 0 radical (unpaired) electrons. The molecule has 1 atom stereocenters. The number of carbonyl (C=O) groups excluding carboxylic acids is 4. The number of aryl methyl sites for hydroxylation is 1. The lowest BCUT2D eigenvalue weighted by Crippen LogP contribution is -2.46. The van der Waals surface area contributed by atoms with Crippen LogP contribution in [-0.4, -0.2) is 42.4 Å². The summed E-state index contributed by atoms with van der Waals surface area (Å²) in [7, 11) is 1.35. The molecule has 1 aromatic carbocycles. The van der Waals surface area contributed by atoms with Gasteiger partial charge in [-0.25, -0.2) is 9.59 Å². The molecule has 0 aliphatic carbocycles. The summed E-state index contributed by atoms with van der Waals surface area (Å²) >= 11 is 0. The first-order chi connectivity index (χ1) is 10.8. The third kappa shape index (κ3) is 3.15. The second-order valence-corrected chi connectivity index (χ2v) is 5.44. The molecule has 23 heavy (non-hydrogen) atoms. The first-order valence-corrected chi connectivity index (χ1v) is 7.00. The molecule has 1 heterocycles. The Balaban J connectivity index is 2.17. The van der Waals surface area contributed by atoms with Gasteiger partial charge in [-0.05, 0) is 19.4 Å². The lowest BCUT2D eigenvalue weighted by molar-refractivity contribution is -0.134. The molecule has 0 spiro atoms. The molecule has 1 fully saturated rings. The lowest BCUT2D eigenvalue weighted by atomic mass is 9.91. The van der Waals surface area contributed by atoms with Crippen molar-refractivity contribution < 1.29 is 19.2 Å². The average molecular weight is 318 g/mol. The predicted molar refractivity (Wildman–Crippen MR) is 81.4 cm³/mol. The maximum Gasteiger partial charge on any atom is 0.325 e. The molecule has 1 saturated heterocycles. The number of imide groups is 2. The molecular formula is C15H18N4O4. The Labute approximate surface area is 133 Å². The van der Waals surface area contributed by atoms with Crippen molar-refractivity contribution in [1.82, 2.24) is 20.9 Å². The Morgan fingerprint density at radius 3 is 2.39 bits per heavy atom. The minimum absolute atomic E-state index is 0.528. The van der Waals surface area contributed by atoms with E-state index in [-0.39, 0.29) is 0 Å². The van der Waals surface area contributed by atoms with E-state index >= 15 is 0 Å². The molecule has 0 aromatic heterocycles. The lowest BCUT2D eigenvalue weighted by Gasteiger charge is -2.22. The van der Waals surface area contributed by atoms with E-state index in [0.717, 1.165) is 10.5 Å². The molecule has 0 saturated carbocycles. The Kier molecular flexibility index (Phi) is 4.35. The van der Waals surface area contributed by atoms with Gasteiger partial charge in [-0.15, -0.1) is 0 Å². The normalized spacial score (nSPS) is 20.2. The number of nitrogens with zero attached hydrogens (tertiary/aromatic N) is 1. The van der Waals surface area contributed by atoms with E-state index in [1.807, 2.05) is 24.4 Å². The molecule has 2 rings (SSSR count). The van der Waals surface area contributed by atoms with Crippen LogP contribution in [0.15, 0.2) is 24.3 Å². The minimum Gasteiger partial charge on any atom is -0.341 e. The Morgan fingerprint density at radius 2 is 1.83 bits per heavy atom. The van der Waals surface area contributed by atoms with Crippen LogP contribution in [0.3, 0.4) is 0 Å². The number of nitrogens with one attached hydrogen (secondary N) is 3. The maximum absolute atomic E-state index is 12.6. The summed E-state index contributed by atoms with van der Waals surface area (Å²) in [4.78, 5) is 48.2. The number of urea groups is 2. The molecule has 1 aliphatic heterocycles. The zero-order chi connectivity index (χ0) is 17.2. The summed E-state index contributed by atoms with van der Waals surface area (Å²) in [6, 6.07) is 5.79. The molecule has 1 aliphatic rings. The topological polar surface area (TPSA) is 108 Å². The highest BCUT2D eigenvalue weighted by atomic mass is 16.2. The van der Waals surface area contributed by atoms with Crippen molar-refractivity contribution in [2.45, 2.75) is 19.4 Å². The van der Waals surface area contributed by atoms with Gasteiger partial charge in [0.05, 0.1) is 0 Å². The van der Waals surface area contributed by atoms with Crippen LogP contribution >= 0.6 is 0 Å². The summed E-state index contributed by atoms with van der Waals surface area (Å²) < 4.78 is 0. The van der Waals surface area contributed by atoms with Crippen molar-refractivity contribution in [2.75, 3.05) is 13.6 Å². The first-order valence-electron chi connectivity index (χ1n) is 7.00. The molecular weight excluding hydrogens is 300 g/mol. The van der Waals surface area contributed by atoms with Gasteiger partial charge in [-0.1, -0.05) is 29.8 Å². The first kappa shape index (κ1) is 16.5. The van der Waals surface area contributed by atoms with Crippen molar-refractivity contribution in [1.29, 1.82) is 0 Å². The smallest absolute Gasteiger partial charge is 0.325 e. The zero-order valence-corrected chi connectivity index (χ0v) is 13.1. The van der Waals surface area contributed by atoms with E-state index in [1.54, 1.807) is 19.1 Å². The van der Waals surface area contributed by atoms with Crippen LogP contribution in [0.25, 0.3) is 0 Å². The standard InChI is InChI=1S/C15H18N4O4/c1-9-4-6-10(7-5-9)15(2)12(21)19(14(23)18-15)8-11(20)17-13(22)16-3/h4-7H,8H2,1-3H3,(H,18,23)(H2,16,17,20,22)/t15-/m1/s1. The van der Waals surface area contributed by atoms with Crippen LogP contribution < -0.4 is 16.0 Å². The molecule has 8 heteroatoms. The molecule has 6 amide bonds. The summed E-state index contributed by atoms with van der Waals surface area (Å²) in [5.41, 5.74) is 0.407. The van der Waals surface area contributed by atoms with Crippen molar-refractivity contribution >= 4 is 23.9 Å². The van der Waals surface area contributed by atoms with E-state index in [9.17, 15) is 19.2 Å². The quantitative estimate of drug-likeness (QED) is 0.693. The van der Waals surface area contributed by atoms with Gasteiger partial charge in [0.25, 0.3) is 5.91 Å². The van der Waals surface area contributed by atoms with E-state index < -0.39 is 36.0 Å². The van der Waals surface area contributed by atoms with Gasteiger partial charge in [0, 0.05) is 7.05 Å². The second kappa shape index (κ2) is 6.07. The molecule has 0 unspecified atom stereocenters. The summed E-state index contributed by atoms with van der Waals surface area (Å²) in [5.74, 6) is -1.29. The Bertz CT molecular complexity index is 671. The van der Waals surface area contributed by atoms with Gasteiger partial charge in [-0.3, -0.25) is 19.8 Å². The van der Waals surface area contributed by atoms with Gasteiger partial charge < -0.3 is 10.6 Å². The largest absolute Gasteiger partial charge is 0.341 e. The van der Waals surface area contributed by atoms with E-state index in [2.05, 4.69) is 10.6 Å². The highest BCUT2D eigenvalue weighted by Crippen LogP contribution is 2.28. The van der Waals surface area contributed by atoms with E-state index in [4.69, 9.17) is 0 Å². The fourth-order valence-corrected chi connectivity index (χ4v) is 2.30. The van der Waals surface area contributed by atoms with Gasteiger partial charge in [0.1, 0.15) is 12.1 Å². The highest BCUT2D eigenvalue weighted by Gasteiger charge is 2.49. The van der Waals surface area contributed by atoms with Crippen LogP contribution in [0.1, 0.15) is 18.1 Å². The number of benzene rings is 1. The summed E-state index contributed by atoms with van der Waals surface area (Å²) in [6.07, 6.45) is 0. The molecule has 122 valence electrons. The SMILES string of the molecule is CNC(=O)NC(=O)CN1C(=O)N[C@](C)(c2ccc(C)cc2)C1=O. The number of carbonyl (C=O) groups is 4. The summed E-state index contributed by atoms with van der Waals surface area (Å²) in [6.45, 7) is 2.96. The zero-order valence-electron chi connectivity index (χ0n) is 13.1. The third-order valence-corrected chi connectivity index (χ3v) is 3.69. The van der Waals surface area contributed by atoms with Crippen LogP contribution in [0.2, 0.25) is 0 Å². The summed E-state index contributed by atoms with van der Waals surface area (Å²) in [5, 5.41) is 6.82. The predicted octanol–water partition coefficient (Wildman–Crippen LogP) is 0.218. The van der Waals surface area contributed by atoms with Gasteiger partial charge >= 0.3 is 12.1 Å². The van der Waals surface area contributed by atoms with Crippen molar-refractivity contribution in [2.24, 2.45) is 0 Å². The maximum atomic E-state index is 12.6. The molecule has 0 bridgehead atoms. The Hall–Kier alpha value is -2.90. The Morgan fingerprint density at radius 1 is 1.22 bits per heavy atom. The fraction of sp³-hybridized carbons (Fsp3) is 0.333. The highest BCUT2D eigenvalue weighted by molar-refractivity contribution is 6.10. The van der Waals surface area contributed by atoms with Crippen molar-refractivity contribution in [3.8, 4) is 0 Å². The van der Waals surface area contributed by atoms with Gasteiger partial charge in [0.15, 0.2) is 0 Å². The van der Waals surface area contributed by atoms with E-state index in [1.165, 1.54) is 7.05 Å². The average Bonchev–Trinajstić information content (AvgIpc) is 2.72. The van der Waals surface area contributed by atoms with Crippen molar-refractivity contribution in [3.63, 3.8) is 0 Å². The molecule has 8 nitrogen and oxygen atoms in total. The molecule has 1 aromatic rings. The van der Waals surface area contributed by atoms with Crippen LogP contribution in [0, 0.1) is 6.92 Å². The van der Waals surface area contributed by atoms with Gasteiger partial charge in [-0.2, -0.15) is 0 Å². The molecule has 3 N–H and O–H groups in total. The van der Waals surface area contributed by atoms with Crippen LogP contribution in [-0.2, 0) is 15.1 Å². The monoisotopic (exact) mass is 318 g/mol. The van der Waals surface area contributed by atoms with Gasteiger partial charge in [0.2, 0.25) is 5.91 Å². The van der Waals surface area contributed by atoms with Crippen LogP contribution in [0.5, 0.6) is 0 Å². The van der Waals surface area contributed by atoms with E-state index in [0.29, 0.717) is 5.56 Å². The second-order valence-electron chi connectivity index (χ2n) is 5.44. The minimum atomic E-state index is -1.24.